The highest BCUT2D eigenvalue weighted by molar-refractivity contribution is 7.47. The quantitative estimate of drug-likeness (QED) is 0.0262. The third kappa shape index (κ3) is 42.9. The van der Waals surface area contributed by atoms with E-state index in [2.05, 4.69) is 19.2 Å². The number of phosphoric ester groups is 1. The van der Waals surface area contributed by atoms with Gasteiger partial charge in [-0.05, 0) is 12.8 Å². The van der Waals surface area contributed by atoms with Gasteiger partial charge in [-0.25, -0.2) is 9.36 Å². The molecule has 0 aliphatic carbocycles. The Kier molecular flexibility index (Phi) is 42.0. The van der Waals surface area contributed by atoms with Crippen LogP contribution in [0.4, 0.5) is 0 Å². The molecule has 0 aromatic rings. The zero-order valence-corrected chi connectivity index (χ0v) is 39.0. The summed E-state index contributed by atoms with van der Waals surface area (Å²) in [5, 5.41) is 21.9. The molecule has 0 fully saturated rings. The van der Waals surface area contributed by atoms with Crippen LogP contribution in [0.2, 0.25) is 0 Å². The number of carboxylic acids is 1. The second-order valence-electron chi connectivity index (χ2n) is 17.0. The monoisotopic (exact) mass is 862 g/mol. The van der Waals surface area contributed by atoms with E-state index in [9.17, 15) is 34.1 Å². The Hall–Kier alpha value is -1.52. The summed E-state index contributed by atoms with van der Waals surface area (Å²) >= 11 is 0. The number of aliphatic carboxylic acids is 1. The summed E-state index contributed by atoms with van der Waals surface area (Å²) in [7, 11) is -4.75. The van der Waals surface area contributed by atoms with Crippen LogP contribution >= 0.6 is 7.82 Å². The minimum absolute atomic E-state index is 0.153. The van der Waals surface area contributed by atoms with Crippen molar-refractivity contribution in [3.05, 3.63) is 0 Å². The lowest BCUT2D eigenvalue weighted by Gasteiger charge is -2.18. The summed E-state index contributed by atoms with van der Waals surface area (Å²) in [6.07, 6.45) is 42.8. The standard InChI is InChI=1S/C47H92NO10P/c1-3-5-7-9-11-13-15-16-17-18-19-20-21-22-23-24-25-26-27-29-30-32-34-36-38-45(50)48-44(47(52)53)42-58-59(54,55)57-41-43(49)40-56-46(51)39-37-35-33-31-28-14-12-10-8-6-4-2/h43-44,49H,3-42H2,1-2H3,(H,48,50)(H,52,53)(H,54,55). The maximum absolute atomic E-state index is 12.4. The molecule has 59 heavy (non-hydrogen) atoms. The van der Waals surface area contributed by atoms with Crippen molar-refractivity contribution in [1.29, 1.82) is 0 Å². The number of ether oxygens (including phenoxy) is 1. The molecule has 3 unspecified atom stereocenters. The van der Waals surface area contributed by atoms with Gasteiger partial charge in [-0.3, -0.25) is 18.6 Å². The molecule has 3 atom stereocenters. The summed E-state index contributed by atoms with van der Waals surface area (Å²) in [4.78, 5) is 46.0. The molecule has 0 rings (SSSR count). The Labute approximate surface area is 361 Å². The Bertz CT molecular complexity index is 1020. The first kappa shape index (κ1) is 57.5. The first-order chi connectivity index (χ1) is 28.6. The van der Waals surface area contributed by atoms with Gasteiger partial charge in [0.05, 0.1) is 13.2 Å². The molecule has 0 aromatic heterocycles. The van der Waals surface area contributed by atoms with Crippen molar-refractivity contribution in [3.8, 4) is 0 Å². The fraction of sp³-hybridized carbons (Fsp3) is 0.936. The van der Waals surface area contributed by atoms with Crippen LogP contribution in [0.15, 0.2) is 0 Å². The van der Waals surface area contributed by atoms with E-state index in [-0.39, 0.29) is 12.8 Å². The van der Waals surface area contributed by atoms with Gasteiger partial charge in [0.25, 0.3) is 0 Å². The van der Waals surface area contributed by atoms with E-state index in [1.165, 1.54) is 173 Å². The molecule has 0 aromatic carbocycles. The lowest BCUT2D eigenvalue weighted by molar-refractivity contribution is -0.147. The molecule has 12 heteroatoms. The summed E-state index contributed by atoms with van der Waals surface area (Å²) < 4.78 is 26.9. The van der Waals surface area contributed by atoms with Crippen LogP contribution in [0.5, 0.6) is 0 Å². The number of aliphatic hydroxyl groups excluding tert-OH is 1. The predicted octanol–water partition coefficient (Wildman–Crippen LogP) is 13.1. The van der Waals surface area contributed by atoms with Gasteiger partial charge in [0.2, 0.25) is 5.91 Å². The van der Waals surface area contributed by atoms with Gasteiger partial charge in [0.1, 0.15) is 12.7 Å². The van der Waals surface area contributed by atoms with Crippen molar-refractivity contribution < 1.29 is 47.8 Å². The highest BCUT2D eigenvalue weighted by Gasteiger charge is 2.28. The van der Waals surface area contributed by atoms with Gasteiger partial charge >= 0.3 is 19.8 Å². The smallest absolute Gasteiger partial charge is 0.472 e. The number of carboxylic acid groups (broad SMARTS) is 1. The Morgan fingerprint density at radius 3 is 1.12 bits per heavy atom. The molecule has 0 aliphatic heterocycles. The Balaban J connectivity index is 3.76. The molecule has 0 saturated heterocycles. The van der Waals surface area contributed by atoms with Crippen LogP contribution in [-0.2, 0) is 32.7 Å². The van der Waals surface area contributed by atoms with Crippen molar-refractivity contribution in [3.63, 3.8) is 0 Å². The average molecular weight is 862 g/mol. The number of unbranched alkanes of at least 4 members (excludes halogenated alkanes) is 33. The van der Waals surface area contributed by atoms with Crippen LogP contribution in [0.1, 0.15) is 251 Å². The van der Waals surface area contributed by atoms with Crippen LogP contribution < -0.4 is 5.32 Å². The maximum Gasteiger partial charge on any atom is 0.472 e. The van der Waals surface area contributed by atoms with E-state index in [1.807, 2.05) is 0 Å². The number of carbonyl (C=O) groups excluding carboxylic acids is 2. The number of nitrogens with one attached hydrogen (secondary N) is 1. The van der Waals surface area contributed by atoms with Gasteiger partial charge in [0.15, 0.2) is 6.04 Å². The summed E-state index contributed by atoms with van der Waals surface area (Å²) in [6, 6.07) is -1.54. The minimum Gasteiger partial charge on any atom is -0.480 e. The normalized spacial score (nSPS) is 13.6. The summed E-state index contributed by atoms with van der Waals surface area (Å²) in [6.45, 7) is 2.62. The Morgan fingerprint density at radius 2 is 0.780 bits per heavy atom. The highest BCUT2D eigenvalue weighted by atomic mass is 31.2. The fourth-order valence-electron chi connectivity index (χ4n) is 7.32. The predicted molar refractivity (Wildman–Crippen MR) is 240 cm³/mol. The van der Waals surface area contributed by atoms with Crippen LogP contribution in [0.25, 0.3) is 0 Å². The van der Waals surface area contributed by atoms with E-state index >= 15 is 0 Å². The van der Waals surface area contributed by atoms with Gasteiger partial charge in [0, 0.05) is 12.8 Å². The molecular weight excluding hydrogens is 769 g/mol. The van der Waals surface area contributed by atoms with Gasteiger partial charge in [-0.15, -0.1) is 0 Å². The van der Waals surface area contributed by atoms with E-state index in [1.54, 1.807) is 0 Å². The molecule has 4 N–H and O–H groups in total. The lowest BCUT2D eigenvalue weighted by Crippen LogP contribution is -2.43. The number of hydrogen-bond donors (Lipinski definition) is 4. The second kappa shape index (κ2) is 43.1. The largest absolute Gasteiger partial charge is 0.480 e. The van der Waals surface area contributed by atoms with Crippen LogP contribution in [0, 0.1) is 0 Å². The highest BCUT2D eigenvalue weighted by Crippen LogP contribution is 2.43. The van der Waals surface area contributed by atoms with Crippen LogP contribution in [0.3, 0.4) is 0 Å². The molecule has 0 bridgehead atoms. The number of aliphatic hydroxyl groups is 1. The first-order valence-corrected chi connectivity index (χ1v) is 26.1. The number of carbonyl (C=O) groups is 3. The van der Waals surface area contributed by atoms with Crippen molar-refractivity contribution in [2.75, 3.05) is 19.8 Å². The maximum atomic E-state index is 12.4. The van der Waals surface area contributed by atoms with E-state index in [0.29, 0.717) is 12.8 Å². The lowest BCUT2D eigenvalue weighted by atomic mass is 10.0. The fourth-order valence-corrected chi connectivity index (χ4v) is 8.09. The zero-order valence-electron chi connectivity index (χ0n) is 38.1. The molecule has 0 saturated carbocycles. The Morgan fingerprint density at radius 1 is 0.475 bits per heavy atom. The van der Waals surface area contributed by atoms with Crippen molar-refractivity contribution >= 4 is 25.7 Å². The second-order valence-corrected chi connectivity index (χ2v) is 18.5. The number of esters is 1. The van der Waals surface area contributed by atoms with Crippen molar-refractivity contribution in [2.45, 2.75) is 264 Å². The molecule has 350 valence electrons. The molecule has 0 radical (unpaired) electrons. The van der Waals surface area contributed by atoms with Crippen LogP contribution in [-0.4, -0.2) is 64.9 Å². The molecular formula is C47H92NO10P. The number of phosphoric acid groups is 1. The van der Waals surface area contributed by atoms with E-state index in [0.717, 1.165) is 38.5 Å². The first-order valence-electron chi connectivity index (χ1n) is 24.6. The summed E-state index contributed by atoms with van der Waals surface area (Å²) in [5.74, 6) is -2.35. The molecule has 0 spiro atoms. The van der Waals surface area contributed by atoms with Crippen molar-refractivity contribution in [1.82, 2.24) is 5.32 Å². The number of amides is 1. The molecule has 0 aliphatic rings. The van der Waals surface area contributed by atoms with E-state index in [4.69, 9.17) is 13.8 Å². The molecule has 11 nitrogen and oxygen atoms in total. The van der Waals surface area contributed by atoms with Gasteiger partial charge in [-0.1, -0.05) is 226 Å². The third-order valence-electron chi connectivity index (χ3n) is 11.1. The van der Waals surface area contributed by atoms with Gasteiger partial charge in [-0.2, -0.15) is 0 Å². The SMILES string of the molecule is CCCCCCCCCCCCCCCCCCCCCCCCCCC(=O)NC(COP(=O)(O)OCC(O)COC(=O)CCCCCCCCCCCCC)C(=O)O. The zero-order chi connectivity index (χ0) is 43.5. The van der Waals surface area contributed by atoms with Gasteiger partial charge < -0.3 is 25.2 Å². The average Bonchev–Trinajstić information content (AvgIpc) is 3.21. The minimum atomic E-state index is -4.75. The molecule has 1 amide bonds. The number of hydrogen-bond acceptors (Lipinski definition) is 8. The molecule has 0 heterocycles. The summed E-state index contributed by atoms with van der Waals surface area (Å²) in [5.41, 5.74) is 0. The topological polar surface area (TPSA) is 169 Å². The van der Waals surface area contributed by atoms with Crippen molar-refractivity contribution in [2.24, 2.45) is 0 Å². The van der Waals surface area contributed by atoms with E-state index < -0.39 is 57.6 Å². The number of rotatable bonds is 47. The third-order valence-corrected chi connectivity index (χ3v) is 12.1.